The van der Waals surface area contributed by atoms with Gasteiger partial charge in [0.15, 0.2) is 0 Å². The number of nitriles is 2. The van der Waals surface area contributed by atoms with Crippen molar-refractivity contribution in [2.24, 2.45) is 0 Å². The van der Waals surface area contributed by atoms with Gasteiger partial charge in [-0.1, -0.05) is 66.8 Å². The average molecular weight is 312 g/mol. The Morgan fingerprint density at radius 3 is 1.88 bits per heavy atom. The first-order valence-corrected chi connectivity index (χ1v) is 7.36. The first-order valence-electron chi connectivity index (χ1n) is 7.36. The summed E-state index contributed by atoms with van der Waals surface area (Å²) in [7, 11) is 1.62. The van der Waals surface area contributed by atoms with E-state index >= 15 is 0 Å². The topological polar surface area (TPSA) is 56.8 Å². The van der Waals surface area contributed by atoms with E-state index in [2.05, 4.69) is 0 Å². The second-order valence-electron chi connectivity index (χ2n) is 4.90. The third-order valence-corrected chi connectivity index (χ3v) is 3.34. The van der Waals surface area contributed by atoms with Gasteiger partial charge in [-0.15, -0.1) is 0 Å². The third-order valence-electron chi connectivity index (χ3n) is 3.34. The van der Waals surface area contributed by atoms with Gasteiger partial charge in [0.25, 0.3) is 0 Å². The molecule has 3 nitrogen and oxygen atoms in total. The van der Waals surface area contributed by atoms with Crippen LogP contribution in [0.5, 0.6) is 5.75 Å². The average Bonchev–Trinajstić information content (AvgIpc) is 2.65. The number of allylic oxidation sites excluding steroid dienone is 4. The lowest BCUT2D eigenvalue weighted by molar-refractivity contribution is 0.415. The summed E-state index contributed by atoms with van der Waals surface area (Å²) in [5.74, 6) is 0.779. The highest BCUT2D eigenvalue weighted by molar-refractivity contribution is 5.64. The van der Waals surface area contributed by atoms with Gasteiger partial charge in [-0.25, -0.2) is 0 Å². The summed E-state index contributed by atoms with van der Waals surface area (Å²) in [6.07, 6.45) is 7.28. The molecule has 2 aromatic rings. The summed E-state index contributed by atoms with van der Waals surface area (Å²) < 4.78 is 5.12. The van der Waals surface area contributed by atoms with E-state index < -0.39 is 0 Å². The van der Waals surface area contributed by atoms with Crippen LogP contribution in [0.1, 0.15) is 11.1 Å². The van der Waals surface area contributed by atoms with Crippen LogP contribution in [0, 0.1) is 22.7 Å². The third kappa shape index (κ3) is 4.73. The second kappa shape index (κ2) is 8.78. The number of rotatable bonds is 5. The molecular weight excluding hydrogens is 296 g/mol. The van der Waals surface area contributed by atoms with Gasteiger partial charge in [0.05, 0.1) is 7.11 Å². The molecule has 24 heavy (non-hydrogen) atoms. The van der Waals surface area contributed by atoms with Crippen LogP contribution in [0.15, 0.2) is 77.9 Å². The fourth-order valence-electron chi connectivity index (χ4n) is 2.03. The predicted molar refractivity (Wildman–Crippen MR) is 95.8 cm³/mol. The summed E-state index contributed by atoms with van der Waals surface area (Å²) in [5, 5.41) is 18.3. The molecule has 0 atom stereocenters. The van der Waals surface area contributed by atoms with Gasteiger partial charge in [0, 0.05) is 5.57 Å². The van der Waals surface area contributed by atoms with Gasteiger partial charge < -0.3 is 4.74 Å². The molecule has 0 aliphatic rings. The number of hydrogen-bond acceptors (Lipinski definition) is 3. The van der Waals surface area contributed by atoms with Crippen molar-refractivity contribution in [1.29, 1.82) is 10.5 Å². The molecule has 0 saturated carbocycles. The van der Waals surface area contributed by atoms with Crippen molar-refractivity contribution < 1.29 is 4.74 Å². The quantitative estimate of drug-likeness (QED) is 0.590. The van der Waals surface area contributed by atoms with Gasteiger partial charge in [-0.3, -0.25) is 0 Å². The Hall–Kier alpha value is -3.56. The first kappa shape index (κ1) is 16.8. The normalized spacial score (nSPS) is 10.3. The monoisotopic (exact) mass is 312 g/mol. The SMILES string of the molecule is COc1ccc(/C=C/C(/C=C/c2ccccc2)=C(C#N)C#N)cc1. The van der Waals surface area contributed by atoms with Crippen molar-refractivity contribution in [3.05, 3.63) is 89.0 Å². The molecule has 0 radical (unpaired) electrons. The summed E-state index contributed by atoms with van der Waals surface area (Å²) >= 11 is 0. The summed E-state index contributed by atoms with van der Waals surface area (Å²) in [6.45, 7) is 0. The van der Waals surface area contributed by atoms with Gasteiger partial charge in [-0.05, 0) is 23.3 Å². The Bertz CT molecular complexity index is 829. The molecule has 2 rings (SSSR count). The highest BCUT2D eigenvalue weighted by Gasteiger charge is 2.00. The van der Waals surface area contributed by atoms with Crippen LogP contribution < -0.4 is 4.74 Å². The maximum atomic E-state index is 9.14. The van der Waals surface area contributed by atoms with Crippen molar-refractivity contribution in [2.75, 3.05) is 7.11 Å². The predicted octanol–water partition coefficient (Wildman–Crippen LogP) is 4.77. The standard InChI is InChI=1S/C21H16N2O/c1-24-21-13-9-18(10-14-21)8-12-19(20(15-22)16-23)11-7-17-5-3-2-4-6-17/h2-14H,1H3/b11-7+,12-8+. The Labute approximate surface area is 142 Å². The Morgan fingerprint density at radius 1 is 0.833 bits per heavy atom. The number of methoxy groups -OCH3 is 1. The van der Waals surface area contributed by atoms with Crippen LogP contribution in [0.2, 0.25) is 0 Å². The zero-order valence-electron chi connectivity index (χ0n) is 13.3. The molecule has 0 amide bonds. The zero-order valence-corrected chi connectivity index (χ0v) is 13.3. The van der Waals surface area contributed by atoms with E-state index in [-0.39, 0.29) is 5.57 Å². The van der Waals surface area contributed by atoms with E-state index in [1.165, 1.54) is 0 Å². The van der Waals surface area contributed by atoms with E-state index in [4.69, 9.17) is 15.3 Å². The molecule has 0 aliphatic heterocycles. The van der Waals surface area contributed by atoms with E-state index in [0.717, 1.165) is 16.9 Å². The molecule has 0 bridgehead atoms. The summed E-state index contributed by atoms with van der Waals surface area (Å²) in [4.78, 5) is 0. The minimum Gasteiger partial charge on any atom is -0.497 e. The zero-order chi connectivity index (χ0) is 17.2. The van der Waals surface area contributed by atoms with Crippen LogP contribution >= 0.6 is 0 Å². The lowest BCUT2D eigenvalue weighted by atomic mass is 10.1. The van der Waals surface area contributed by atoms with Crippen LogP contribution in [0.25, 0.3) is 12.2 Å². The molecule has 0 unspecified atom stereocenters. The molecule has 2 aromatic carbocycles. The Kier molecular flexibility index (Phi) is 6.15. The van der Waals surface area contributed by atoms with Crippen molar-refractivity contribution >= 4 is 12.2 Å². The molecule has 0 aliphatic carbocycles. The number of hydrogen-bond donors (Lipinski definition) is 0. The van der Waals surface area contributed by atoms with Crippen molar-refractivity contribution in [2.45, 2.75) is 0 Å². The Morgan fingerprint density at radius 2 is 1.38 bits per heavy atom. The molecule has 116 valence electrons. The molecule has 0 aromatic heterocycles. The maximum Gasteiger partial charge on any atom is 0.136 e. The smallest absolute Gasteiger partial charge is 0.136 e. The fraction of sp³-hybridized carbons (Fsp3) is 0.0476. The summed E-state index contributed by atoms with van der Waals surface area (Å²) in [5.41, 5.74) is 2.60. The van der Waals surface area contributed by atoms with Crippen LogP contribution in [-0.2, 0) is 0 Å². The number of ether oxygens (including phenoxy) is 1. The highest BCUT2D eigenvalue weighted by Crippen LogP contribution is 2.16. The number of benzene rings is 2. The summed E-state index contributed by atoms with van der Waals surface area (Å²) in [6, 6.07) is 21.1. The maximum absolute atomic E-state index is 9.14. The van der Waals surface area contributed by atoms with E-state index in [1.54, 1.807) is 19.3 Å². The van der Waals surface area contributed by atoms with Crippen molar-refractivity contribution in [3.8, 4) is 17.9 Å². The van der Waals surface area contributed by atoms with Gasteiger partial charge in [0.1, 0.15) is 23.5 Å². The van der Waals surface area contributed by atoms with Gasteiger partial charge in [-0.2, -0.15) is 10.5 Å². The van der Waals surface area contributed by atoms with Crippen molar-refractivity contribution in [1.82, 2.24) is 0 Å². The van der Waals surface area contributed by atoms with Crippen LogP contribution in [-0.4, -0.2) is 7.11 Å². The van der Waals surface area contributed by atoms with E-state index in [9.17, 15) is 0 Å². The van der Waals surface area contributed by atoms with Crippen LogP contribution in [0.3, 0.4) is 0 Å². The molecule has 0 heterocycles. The first-order chi connectivity index (χ1) is 11.8. The fourth-order valence-corrected chi connectivity index (χ4v) is 2.03. The molecular formula is C21H16N2O. The molecule has 0 N–H and O–H groups in total. The molecule has 3 heteroatoms. The minimum atomic E-state index is 0.0759. The van der Waals surface area contributed by atoms with E-state index in [1.807, 2.05) is 78.9 Å². The Balaban J connectivity index is 2.29. The van der Waals surface area contributed by atoms with E-state index in [0.29, 0.717) is 5.57 Å². The highest BCUT2D eigenvalue weighted by atomic mass is 16.5. The van der Waals surface area contributed by atoms with Crippen molar-refractivity contribution in [3.63, 3.8) is 0 Å². The molecule has 0 saturated heterocycles. The second-order valence-corrected chi connectivity index (χ2v) is 4.90. The van der Waals surface area contributed by atoms with Crippen LogP contribution in [0.4, 0.5) is 0 Å². The largest absolute Gasteiger partial charge is 0.497 e. The lowest BCUT2D eigenvalue weighted by Gasteiger charge is -2.00. The lowest BCUT2D eigenvalue weighted by Crippen LogP contribution is -1.83. The van der Waals surface area contributed by atoms with Gasteiger partial charge in [0.2, 0.25) is 0 Å². The molecule has 0 fully saturated rings. The van der Waals surface area contributed by atoms with Gasteiger partial charge >= 0.3 is 0 Å². The molecule has 0 spiro atoms. The number of nitrogens with zero attached hydrogens (tertiary/aromatic N) is 2. The minimum absolute atomic E-state index is 0.0759.